The van der Waals surface area contributed by atoms with Crippen LogP contribution in [0, 0.1) is 27.7 Å². The van der Waals surface area contributed by atoms with Gasteiger partial charge in [0.2, 0.25) is 0 Å². The van der Waals surface area contributed by atoms with Crippen LogP contribution in [-0.2, 0) is 10.2 Å². The average Bonchev–Trinajstić information content (AvgIpc) is 3.35. The molecule has 0 amide bonds. The average molecular weight is 898 g/mol. The molecule has 0 aliphatic heterocycles. The van der Waals surface area contributed by atoms with Crippen molar-refractivity contribution in [3.05, 3.63) is 238 Å². The third kappa shape index (κ3) is 10.4. The van der Waals surface area contributed by atoms with Crippen LogP contribution in [0.1, 0.15) is 74.3 Å². The lowest BCUT2D eigenvalue weighted by Crippen LogP contribution is -2.20. The van der Waals surface area contributed by atoms with Gasteiger partial charge in [0.1, 0.15) is 17.2 Å². The summed E-state index contributed by atoms with van der Waals surface area (Å²) in [7, 11) is 3.04. The molecule has 0 aliphatic rings. The van der Waals surface area contributed by atoms with Crippen LogP contribution in [0.2, 0.25) is 0 Å². The Balaban J connectivity index is 0.977. The summed E-state index contributed by atoms with van der Waals surface area (Å²) in [6.07, 6.45) is 1.32. The Morgan fingerprint density at radius 3 is 1.46 bits per heavy atom. The molecular formula is C61H55NO6. The van der Waals surface area contributed by atoms with Gasteiger partial charge in [-0.3, -0.25) is 0 Å². The molecule has 0 saturated heterocycles. The molecule has 0 fully saturated rings. The second-order valence-electron chi connectivity index (χ2n) is 17.6. The third-order valence-electron chi connectivity index (χ3n) is 12.5. The van der Waals surface area contributed by atoms with E-state index in [0.29, 0.717) is 17.1 Å². The van der Waals surface area contributed by atoms with E-state index in [9.17, 15) is 9.59 Å². The zero-order valence-electron chi connectivity index (χ0n) is 39.8. The normalized spacial score (nSPS) is 11.4. The molecule has 7 nitrogen and oxygen atoms in total. The van der Waals surface area contributed by atoms with Crippen molar-refractivity contribution in [3.63, 3.8) is 0 Å². The van der Waals surface area contributed by atoms with Gasteiger partial charge in [0.25, 0.3) is 0 Å². The number of nitrogens with zero attached hydrogens (tertiary/aromatic N) is 1. The van der Waals surface area contributed by atoms with Crippen molar-refractivity contribution in [2.75, 3.05) is 19.1 Å². The maximum absolute atomic E-state index is 13.1. The van der Waals surface area contributed by atoms with E-state index >= 15 is 0 Å². The van der Waals surface area contributed by atoms with E-state index < -0.39 is 11.6 Å². The van der Waals surface area contributed by atoms with Gasteiger partial charge in [-0.05, 0) is 162 Å². The van der Waals surface area contributed by atoms with Crippen LogP contribution >= 0.6 is 0 Å². The first-order valence-corrected chi connectivity index (χ1v) is 22.6. The summed E-state index contributed by atoms with van der Waals surface area (Å²) in [5.41, 5.74) is 15.7. The molecule has 0 aliphatic carbocycles. The first-order chi connectivity index (χ1) is 32.8. The predicted molar refractivity (Wildman–Crippen MR) is 275 cm³/mol. The number of hydrogen-bond donors (Lipinski definition) is 0. The van der Waals surface area contributed by atoms with Crippen molar-refractivity contribution in [2.45, 2.75) is 47.0 Å². The molecule has 0 saturated carbocycles. The fraction of sp³-hybridized carbons (Fsp3) is 0.148. The van der Waals surface area contributed by atoms with Crippen molar-refractivity contribution < 1.29 is 28.5 Å². The molecule has 0 N–H and O–H groups in total. The van der Waals surface area contributed by atoms with E-state index in [-0.39, 0.29) is 5.97 Å². The molecule has 0 spiro atoms. The number of esters is 1. The van der Waals surface area contributed by atoms with Gasteiger partial charge in [0.05, 0.1) is 19.8 Å². The molecular weight excluding hydrogens is 843 g/mol. The molecule has 0 atom stereocenters. The monoisotopic (exact) mass is 897 g/mol. The second-order valence-corrected chi connectivity index (χ2v) is 17.6. The Hall–Kier alpha value is -8.16. The van der Waals surface area contributed by atoms with Crippen LogP contribution in [0.5, 0.6) is 17.2 Å². The van der Waals surface area contributed by atoms with Crippen LogP contribution in [0.15, 0.2) is 182 Å². The van der Waals surface area contributed by atoms with Crippen LogP contribution in [-0.4, -0.2) is 26.3 Å². The van der Waals surface area contributed by atoms with E-state index in [1.165, 1.54) is 18.2 Å². The topological polar surface area (TPSA) is 74.3 Å². The minimum atomic E-state index is -0.836. The lowest BCUT2D eigenvalue weighted by molar-refractivity contribution is 0.0599. The zero-order valence-corrected chi connectivity index (χ0v) is 39.8. The minimum absolute atomic E-state index is 0.352. The van der Waals surface area contributed by atoms with Crippen molar-refractivity contribution in [3.8, 4) is 28.4 Å². The number of methoxy groups -OCH3 is 2. The molecule has 0 bridgehead atoms. The summed E-state index contributed by atoms with van der Waals surface area (Å²) in [6.45, 7) is 12.2. The van der Waals surface area contributed by atoms with Gasteiger partial charge in [0, 0.05) is 22.5 Å². The fourth-order valence-electron chi connectivity index (χ4n) is 8.30. The fourth-order valence-corrected chi connectivity index (χ4v) is 8.30. The molecule has 0 radical (unpaired) electrons. The number of hydrogen-bond acceptors (Lipinski definition) is 7. The van der Waals surface area contributed by atoms with E-state index in [2.05, 4.69) is 136 Å². The number of ether oxygens (including phenoxy) is 4. The molecule has 8 rings (SSSR count). The Labute approximate surface area is 399 Å². The Morgan fingerprint density at radius 1 is 0.500 bits per heavy atom. The highest BCUT2D eigenvalue weighted by atomic mass is 16.7. The van der Waals surface area contributed by atoms with Crippen LogP contribution in [0.3, 0.4) is 0 Å². The minimum Gasteiger partial charge on any atom is -0.497 e. The summed E-state index contributed by atoms with van der Waals surface area (Å²) in [5.74, 6) is 1.16. The van der Waals surface area contributed by atoms with Gasteiger partial charge in [0.15, 0.2) is 0 Å². The summed E-state index contributed by atoms with van der Waals surface area (Å²) in [4.78, 5) is 27.6. The Morgan fingerprint density at radius 2 is 0.971 bits per heavy atom. The van der Waals surface area contributed by atoms with Gasteiger partial charge >= 0.3 is 12.1 Å². The maximum Gasteiger partial charge on any atom is 0.519 e. The summed E-state index contributed by atoms with van der Waals surface area (Å²) < 4.78 is 21.8. The number of aryl methyl sites for hydroxylation is 4. The largest absolute Gasteiger partial charge is 0.519 e. The first kappa shape index (κ1) is 46.4. The SMILES string of the molecule is COC(=O)c1ccc(C(C)(C)c2ccc(OC(=O)Oc3ccc(C(=Cc4ccc(-c5ccc(N(c6ccc(C)cc6)c6ccc(C)cc6)cc5)cc4)c4ccc(OC)cc4)cc3)c(C)c2)cc1C. The van der Waals surface area contributed by atoms with Crippen molar-refractivity contribution in [2.24, 2.45) is 0 Å². The Bertz CT molecular complexity index is 3030. The number of benzene rings is 8. The highest BCUT2D eigenvalue weighted by Crippen LogP contribution is 2.38. The first-order valence-electron chi connectivity index (χ1n) is 22.6. The second kappa shape index (κ2) is 20.1. The van der Waals surface area contributed by atoms with Crippen LogP contribution in [0.25, 0.3) is 22.8 Å². The molecule has 340 valence electrons. The van der Waals surface area contributed by atoms with E-state index in [1.807, 2.05) is 74.5 Å². The molecule has 0 unspecified atom stereocenters. The lowest BCUT2D eigenvalue weighted by Gasteiger charge is -2.27. The molecule has 7 heteroatoms. The number of carbonyl (C=O) groups excluding carboxylic acids is 2. The molecule has 0 heterocycles. The highest BCUT2D eigenvalue weighted by Gasteiger charge is 2.26. The van der Waals surface area contributed by atoms with Crippen LogP contribution < -0.4 is 19.1 Å². The van der Waals surface area contributed by atoms with Gasteiger partial charge in [-0.15, -0.1) is 0 Å². The van der Waals surface area contributed by atoms with E-state index in [4.69, 9.17) is 18.9 Å². The lowest BCUT2D eigenvalue weighted by atomic mass is 9.77. The molecule has 68 heavy (non-hydrogen) atoms. The van der Waals surface area contributed by atoms with Crippen molar-refractivity contribution in [1.29, 1.82) is 0 Å². The highest BCUT2D eigenvalue weighted by molar-refractivity contribution is 5.92. The summed E-state index contributed by atoms with van der Waals surface area (Å²) in [6, 6.07) is 61.4. The predicted octanol–water partition coefficient (Wildman–Crippen LogP) is 15.3. The van der Waals surface area contributed by atoms with Gasteiger partial charge in [-0.2, -0.15) is 0 Å². The number of anilines is 3. The van der Waals surface area contributed by atoms with Crippen LogP contribution in [0.4, 0.5) is 21.9 Å². The maximum atomic E-state index is 13.1. The number of carbonyl (C=O) groups is 2. The summed E-state index contributed by atoms with van der Waals surface area (Å²) >= 11 is 0. The van der Waals surface area contributed by atoms with Crippen molar-refractivity contribution in [1.82, 2.24) is 0 Å². The molecule has 8 aromatic carbocycles. The third-order valence-corrected chi connectivity index (χ3v) is 12.5. The van der Waals surface area contributed by atoms with Gasteiger partial charge in [-0.1, -0.05) is 134 Å². The van der Waals surface area contributed by atoms with Crippen molar-refractivity contribution >= 4 is 40.8 Å². The number of rotatable bonds is 13. The van der Waals surface area contributed by atoms with Gasteiger partial charge in [-0.25, -0.2) is 9.59 Å². The van der Waals surface area contributed by atoms with Gasteiger partial charge < -0.3 is 23.8 Å². The zero-order chi connectivity index (χ0) is 48.0. The quantitative estimate of drug-likeness (QED) is 0.0648. The van der Waals surface area contributed by atoms with E-state index in [0.717, 1.165) is 78.5 Å². The Kier molecular flexibility index (Phi) is 13.7. The standard InChI is InChI=1S/C61H55NO6/c1-40-9-25-51(26-10-40)62(52-27-11-41(2)12-28-52)53-29-17-46(18-30-53)45-15-13-44(14-16-45)39-57(47-19-31-54(65-7)32-20-47)48-21-33-55(34-22-48)67-60(64)68-58-36-24-50(38-43(58)4)61(5,6)49-23-35-56(42(3)37-49)59(63)66-8/h9-39H,1-8H3. The smallest absolute Gasteiger partial charge is 0.497 e. The molecule has 0 aromatic heterocycles. The molecule has 8 aromatic rings. The summed E-state index contributed by atoms with van der Waals surface area (Å²) in [5, 5.41) is 0. The van der Waals surface area contributed by atoms with E-state index in [1.54, 1.807) is 31.4 Å².